The summed E-state index contributed by atoms with van der Waals surface area (Å²) < 4.78 is 5.14. The molecule has 0 bridgehead atoms. The van der Waals surface area contributed by atoms with Crippen LogP contribution in [-0.4, -0.2) is 31.2 Å². The Labute approximate surface area is 113 Å². The summed E-state index contributed by atoms with van der Waals surface area (Å²) in [4.78, 5) is 4.56. The van der Waals surface area contributed by atoms with Crippen molar-refractivity contribution in [2.45, 2.75) is 13.3 Å². The Kier molecular flexibility index (Phi) is 5.08. The molecule has 0 aromatic heterocycles. The van der Waals surface area contributed by atoms with Gasteiger partial charge in [-0.2, -0.15) is 0 Å². The van der Waals surface area contributed by atoms with E-state index >= 15 is 0 Å². The lowest BCUT2D eigenvalue weighted by Crippen LogP contribution is -2.19. The van der Waals surface area contributed by atoms with E-state index in [-0.39, 0.29) is 0 Å². The number of nitrogens with zero attached hydrogens (tertiary/aromatic N) is 1. The second-order valence-electron chi connectivity index (χ2n) is 4.59. The standard InChI is InChI=1S/C14H20N2OS/c1-11-9-15-14(18-10-11)16-13-6-4-3-5-12(13)7-8-17-2/h3-6,11H,7-10H2,1-2H3,(H,15,16). The van der Waals surface area contributed by atoms with Crippen molar-refractivity contribution in [3.05, 3.63) is 29.8 Å². The summed E-state index contributed by atoms with van der Waals surface area (Å²) in [7, 11) is 1.73. The molecular formula is C14H20N2OS. The molecule has 0 spiro atoms. The molecule has 1 atom stereocenters. The average molecular weight is 264 g/mol. The molecule has 2 rings (SSSR count). The van der Waals surface area contributed by atoms with Gasteiger partial charge in [-0.3, -0.25) is 4.99 Å². The second-order valence-corrected chi connectivity index (χ2v) is 5.60. The lowest BCUT2D eigenvalue weighted by Gasteiger charge is -2.19. The molecule has 1 N–H and O–H groups in total. The first-order valence-electron chi connectivity index (χ1n) is 6.30. The first-order valence-corrected chi connectivity index (χ1v) is 7.29. The van der Waals surface area contributed by atoms with Gasteiger partial charge in [0.05, 0.1) is 6.61 Å². The van der Waals surface area contributed by atoms with Crippen molar-refractivity contribution in [2.24, 2.45) is 10.9 Å². The number of nitrogens with one attached hydrogen (secondary N) is 1. The van der Waals surface area contributed by atoms with Gasteiger partial charge in [0.1, 0.15) is 0 Å². The van der Waals surface area contributed by atoms with Crippen LogP contribution in [-0.2, 0) is 11.2 Å². The Balaban J connectivity index is 2.04. The molecule has 4 heteroatoms. The molecule has 98 valence electrons. The molecule has 0 amide bonds. The van der Waals surface area contributed by atoms with Crippen molar-refractivity contribution in [3.8, 4) is 0 Å². The van der Waals surface area contributed by atoms with E-state index in [1.165, 1.54) is 5.56 Å². The van der Waals surface area contributed by atoms with E-state index in [1.54, 1.807) is 18.9 Å². The van der Waals surface area contributed by atoms with Crippen LogP contribution in [0.4, 0.5) is 5.69 Å². The lowest BCUT2D eigenvalue weighted by atomic mass is 10.1. The first-order chi connectivity index (χ1) is 8.79. The van der Waals surface area contributed by atoms with E-state index in [1.807, 2.05) is 0 Å². The third kappa shape index (κ3) is 3.75. The number of anilines is 1. The van der Waals surface area contributed by atoms with Gasteiger partial charge < -0.3 is 10.1 Å². The van der Waals surface area contributed by atoms with Crippen molar-refractivity contribution < 1.29 is 4.74 Å². The minimum Gasteiger partial charge on any atom is -0.384 e. The quantitative estimate of drug-likeness (QED) is 0.907. The molecule has 0 fully saturated rings. The van der Waals surface area contributed by atoms with Crippen LogP contribution in [0.5, 0.6) is 0 Å². The van der Waals surface area contributed by atoms with Gasteiger partial charge in [0, 0.05) is 25.1 Å². The zero-order valence-corrected chi connectivity index (χ0v) is 11.8. The molecule has 1 aromatic carbocycles. The molecule has 18 heavy (non-hydrogen) atoms. The summed E-state index contributed by atoms with van der Waals surface area (Å²) in [6.45, 7) is 3.91. The Morgan fingerprint density at radius 2 is 2.28 bits per heavy atom. The number of amidine groups is 1. The Morgan fingerprint density at radius 3 is 3.00 bits per heavy atom. The zero-order chi connectivity index (χ0) is 12.8. The van der Waals surface area contributed by atoms with Gasteiger partial charge in [-0.05, 0) is 24.0 Å². The van der Waals surface area contributed by atoms with E-state index in [2.05, 4.69) is 41.5 Å². The molecular weight excluding hydrogens is 244 g/mol. The van der Waals surface area contributed by atoms with Gasteiger partial charge >= 0.3 is 0 Å². The topological polar surface area (TPSA) is 33.6 Å². The molecule has 1 unspecified atom stereocenters. The number of hydrogen-bond donors (Lipinski definition) is 1. The number of methoxy groups -OCH3 is 1. The molecule has 0 saturated heterocycles. The Morgan fingerprint density at radius 1 is 1.44 bits per heavy atom. The molecule has 1 heterocycles. The number of ether oxygens (including phenoxy) is 1. The maximum atomic E-state index is 5.14. The number of para-hydroxylation sites is 1. The lowest BCUT2D eigenvalue weighted by molar-refractivity contribution is 0.202. The fourth-order valence-electron chi connectivity index (χ4n) is 1.82. The first kappa shape index (κ1) is 13.4. The van der Waals surface area contributed by atoms with Crippen LogP contribution in [0, 0.1) is 5.92 Å². The summed E-state index contributed by atoms with van der Waals surface area (Å²) in [5.41, 5.74) is 2.43. The summed E-state index contributed by atoms with van der Waals surface area (Å²) in [6.07, 6.45) is 0.925. The highest BCUT2D eigenvalue weighted by molar-refractivity contribution is 8.14. The predicted molar refractivity (Wildman–Crippen MR) is 79.6 cm³/mol. The van der Waals surface area contributed by atoms with Crippen molar-refractivity contribution in [2.75, 3.05) is 31.3 Å². The van der Waals surface area contributed by atoms with Crippen LogP contribution in [0.25, 0.3) is 0 Å². The molecule has 1 aromatic rings. The normalized spacial score (nSPS) is 19.4. The van der Waals surface area contributed by atoms with Crippen molar-refractivity contribution in [1.82, 2.24) is 0 Å². The summed E-state index contributed by atoms with van der Waals surface area (Å²) >= 11 is 1.81. The molecule has 3 nitrogen and oxygen atoms in total. The third-order valence-electron chi connectivity index (χ3n) is 2.89. The van der Waals surface area contributed by atoms with Gasteiger partial charge in [0.2, 0.25) is 0 Å². The highest BCUT2D eigenvalue weighted by Crippen LogP contribution is 2.22. The minimum atomic E-state index is 0.685. The number of benzene rings is 1. The third-order valence-corrected chi connectivity index (χ3v) is 4.13. The minimum absolute atomic E-state index is 0.685. The van der Waals surface area contributed by atoms with E-state index in [0.717, 1.165) is 36.2 Å². The Bertz CT molecular complexity index is 420. The molecule has 0 radical (unpaired) electrons. The number of rotatable bonds is 4. The number of thioether (sulfide) groups is 1. The fourth-order valence-corrected chi connectivity index (χ4v) is 2.72. The van der Waals surface area contributed by atoms with Crippen molar-refractivity contribution in [1.29, 1.82) is 0 Å². The van der Waals surface area contributed by atoms with Crippen LogP contribution in [0.2, 0.25) is 0 Å². The van der Waals surface area contributed by atoms with Crippen molar-refractivity contribution >= 4 is 22.6 Å². The highest BCUT2D eigenvalue weighted by Gasteiger charge is 2.13. The van der Waals surface area contributed by atoms with Crippen molar-refractivity contribution in [3.63, 3.8) is 0 Å². The second kappa shape index (κ2) is 6.81. The number of aliphatic imine (C=N–C) groups is 1. The fraction of sp³-hybridized carbons (Fsp3) is 0.500. The van der Waals surface area contributed by atoms with Crippen LogP contribution in [0.1, 0.15) is 12.5 Å². The predicted octanol–water partition coefficient (Wildman–Crippen LogP) is 3.03. The Hall–Kier alpha value is -1.000. The van der Waals surface area contributed by atoms with E-state index < -0.39 is 0 Å². The van der Waals surface area contributed by atoms with Crippen LogP contribution in [0.3, 0.4) is 0 Å². The van der Waals surface area contributed by atoms with Crippen LogP contribution < -0.4 is 5.32 Å². The van der Waals surface area contributed by atoms with E-state index in [0.29, 0.717) is 5.92 Å². The highest BCUT2D eigenvalue weighted by atomic mass is 32.2. The van der Waals surface area contributed by atoms with Gasteiger partial charge in [0.25, 0.3) is 0 Å². The summed E-state index contributed by atoms with van der Waals surface area (Å²) in [5.74, 6) is 1.83. The van der Waals surface area contributed by atoms with E-state index in [9.17, 15) is 0 Å². The largest absolute Gasteiger partial charge is 0.384 e. The van der Waals surface area contributed by atoms with Gasteiger partial charge in [-0.15, -0.1) is 0 Å². The van der Waals surface area contributed by atoms with E-state index in [4.69, 9.17) is 4.74 Å². The molecule has 0 aliphatic carbocycles. The van der Waals surface area contributed by atoms with Crippen LogP contribution in [0.15, 0.2) is 29.3 Å². The summed E-state index contributed by atoms with van der Waals surface area (Å²) in [6, 6.07) is 8.35. The van der Waals surface area contributed by atoms with Gasteiger partial charge in [0.15, 0.2) is 5.17 Å². The SMILES string of the molecule is COCCc1ccccc1NC1=NCC(C)CS1. The zero-order valence-electron chi connectivity index (χ0n) is 11.0. The number of hydrogen-bond acceptors (Lipinski definition) is 4. The van der Waals surface area contributed by atoms with Gasteiger partial charge in [-0.25, -0.2) is 0 Å². The molecule has 1 aliphatic heterocycles. The maximum absolute atomic E-state index is 5.14. The summed E-state index contributed by atoms with van der Waals surface area (Å²) in [5, 5.41) is 4.48. The van der Waals surface area contributed by atoms with Gasteiger partial charge in [-0.1, -0.05) is 36.9 Å². The van der Waals surface area contributed by atoms with Crippen LogP contribution >= 0.6 is 11.8 Å². The smallest absolute Gasteiger partial charge is 0.161 e. The monoisotopic (exact) mass is 264 g/mol. The molecule has 1 aliphatic rings. The average Bonchev–Trinajstić information content (AvgIpc) is 2.40. The maximum Gasteiger partial charge on any atom is 0.161 e. The molecule has 0 saturated carbocycles.